The zero-order valence-corrected chi connectivity index (χ0v) is 19.0. The molecule has 2 aliphatic rings. The van der Waals surface area contributed by atoms with Crippen molar-refractivity contribution in [2.45, 2.75) is 89.3 Å². The number of ether oxygens (including phenoxy) is 1. The van der Waals surface area contributed by atoms with Gasteiger partial charge in [0.05, 0.1) is 6.67 Å². The second-order valence-corrected chi connectivity index (χ2v) is 9.64. The van der Waals surface area contributed by atoms with Crippen LogP contribution in [0.25, 0.3) is 0 Å². The van der Waals surface area contributed by atoms with Crippen LogP contribution in [0.3, 0.4) is 0 Å². The Morgan fingerprint density at radius 3 is 2.06 bits per heavy atom. The SMILES string of the molecule is FCC/C=C/CCCC1CCC(C2CCC(c3cc(F)c(F)c(OC(F)(F)F)c3)CC2)CC1. The molecule has 0 bridgehead atoms. The Bertz CT molecular complexity index is 759. The third-order valence-electron chi connectivity index (χ3n) is 7.47. The van der Waals surface area contributed by atoms with E-state index in [1.54, 1.807) is 0 Å². The molecule has 0 aromatic heterocycles. The third kappa shape index (κ3) is 7.96. The summed E-state index contributed by atoms with van der Waals surface area (Å²) in [6.45, 7) is -0.295. The lowest BCUT2D eigenvalue weighted by Crippen LogP contribution is -2.25. The van der Waals surface area contributed by atoms with Gasteiger partial charge in [0.25, 0.3) is 0 Å². The molecule has 0 N–H and O–H groups in total. The summed E-state index contributed by atoms with van der Waals surface area (Å²) in [5.41, 5.74) is 0.385. The maximum Gasteiger partial charge on any atom is 0.573 e. The van der Waals surface area contributed by atoms with Gasteiger partial charge in [-0.25, -0.2) is 4.39 Å². The normalized spacial score (nSPS) is 26.6. The highest BCUT2D eigenvalue weighted by Gasteiger charge is 2.35. The van der Waals surface area contributed by atoms with E-state index in [2.05, 4.69) is 10.8 Å². The molecule has 1 aromatic rings. The van der Waals surface area contributed by atoms with E-state index in [0.29, 0.717) is 23.8 Å². The number of benzene rings is 1. The Kier molecular flexibility index (Phi) is 9.57. The molecule has 7 heteroatoms. The van der Waals surface area contributed by atoms with Crippen LogP contribution in [0.1, 0.15) is 88.5 Å². The van der Waals surface area contributed by atoms with E-state index in [4.69, 9.17) is 0 Å². The van der Waals surface area contributed by atoms with Crippen molar-refractivity contribution in [3.63, 3.8) is 0 Å². The van der Waals surface area contributed by atoms with Gasteiger partial charge in [0.2, 0.25) is 5.82 Å². The van der Waals surface area contributed by atoms with Gasteiger partial charge in [0, 0.05) is 0 Å². The number of rotatable bonds is 9. The van der Waals surface area contributed by atoms with Gasteiger partial charge in [-0.1, -0.05) is 31.4 Å². The molecule has 186 valence electrons. The van der Waals surface area contributed by atoms with Crippen molar-refractivity contribution < 1.29 is 31.1 Å². The summed E-state index contributed by atoms with van der Waals surface area (Å²) in [5.74, 6) is -2.02. The maximum absolute atomic E-state index is 13.9. The van der Waals surface area contributed by atoms with Crippen molar-refractivity contribution >= 4 is 0 Å². The van der Waals surface area contributed by atoms with E-state index in [1.165, 1.54) is 32.1 Å². The average molecular weight is 477 g/mol. The summed E-state index contributed by atoms with van der Waals surface area (Å²) in [5, 5.41) is 0. The van der Waals surface area contributed by atoms with Crippen molar-refractivity contribution in [2.75, 3.05) is 6.67 Å². The summed E-state index contributed by atoms with van der Waals surface area (Å²) in [6.07, 6.45) is 11.2. The lowest BCUT2D eigenvalue weighted by atomic mass is 9.68. The molecule has 0 heterocycles. The molecule has 1 aromatic carbocycles. The van der Waals surface area contributed by atoms with E-state index < -0.39 is 23.7 Å². The minimum atomic E-state index is -5.06. The first kappa shape index (κ1) is 26.0. The molecule has 0 radical (unpaired) electrons. The van der Waals surface area contributed by atoms with Gasteiger partial charge in [-0.15, -0.1) is 13.2 Å². The summed E-state index contributed by atoms with van der Waals surface area (Å²) in [7, 11) is 0. The van der Waals surface area contributed by atoms with Crippen molar-refractivity contribution in [3.8, 4) is 5.75 Å². The number of hydrogen-bond donors (Lipinski definition) is 0. The maximum atomic E-state index is 13.9. The zero-order chi connectivity index (χ0) is 23.8. The second kappa shape index (κ2) is 12.2. The predicted molar refractivity (Wildman–Crippen MR) is 117 cm³/mol. The lowest BCUT2D eigenvalue weighted by Gasteiger charge is -2.38. The molecular formula is C26H34F6O. The number of allylic oxidation sites excluding steroid dienone is 2. The first-order chi connectivity index (χ1) is 15.8. The summed E-state index contributed by atoms with van der Waals surface area (Å²) in [4.78, 5) is 0. The molecule has 0 spiro atoms. The van der Waals surface area contributed by atoms with Crippen LogP contribution < -0.4 is 4.74 Å². The van der Waals surface area contributed by atoms with Gasteiger partial charge in [-0.3, -0.25) is 4.39 Å². The lowest BCUT2D eigenvalue weighted by molar-refractivity contribution is -0.275. The zero-order valence-electron chi connectivity index (χ0n) is 19.0. The molecule has 0 amide bonds. The van der Waals surface area contributed by atoms with Gasteiger partial charge >= 0.3 is 6.36 Å². The minimum absolute atomic E-state index is 0.0753. The fraction of sp³-hybridized carbons (Fsp3) is 0.692. The van der Waals surface area contributed by atoms with E-state index in [-0.39, 0.29) is 12.6 Å². The highest BCUT2D eigenvalue weighted by Crippen LogP contribution is 2.45. The smallest absolute Gasteiger partial charge is 0.403 e. The average Bonchev–Trinajstić information content (AvgIpc) is 2.79. The van der Waals surface area contributed by atoms with Crippen LogP contribution in [0.2, 0.25) is 0 Å². The molecule has 2 aliphatic carbocycles. The minimum Gasteiger partial charge on any atom is -0.403 e. The Balaban J connectivity index is 1.44. The standard InChI is InChI=1S/C26H34F6O/c27-15-5-3-1-2-4-6-18-7-9-19(10-8-18)20-11-13-21(14-12-20)22-16-23(28)25(29)24(17-22)33-26(30,31)32/h1,3,16-21H,2,4-15H2/b3-1+. The van der Waals surface area contributed by atoms with Crippen molar-refractivity contribution in [1.82, 2.24) is 0 Å². The topological polar surface area (TPSA) is 9.23 Å². The van der Waals surface area contributed by atoms with Gasteiger partial charge in [-0.05, 0) is 99.2 Å². The summed E-state index contributed by atoms with van der Waals surface area (Å²) < 4.78 is 81.0. The van der Waals surface area contributed by atoms with Crippen LogP contribution in [-0.2, 0) is 0 Å². The van der Waals surface area contributed by atoms with Crippen LogP contribution >= 0.6 is 0 Å². The van der Waals surface area contributed by atoms with Crippen LogP contribution in [0.5, 0.6) is 5.75 Å². The summed E-state index contributed by atoms with van der Waals surface area (Å²) >= 11 is 0. The van der Waals surface area contributed by atoms with Crippen LogP contribution in [0.4, 0.5) is 26.3 Å². The molecule has 2 saturated carbocycles. The second-order valence-electron chi connectivity index (χ2n) is 9.64. The van der Waals surface area contributed by atoms with Gasteiger partial charge in [0.1, 0.15) is 0 Å². The molecule has 33 heavy (non-hydrogen) atoms. The molecule has 0 atom stereocenters. The predicted octanol–water partition coefficient (Wildman–Crippen LogP) is 9.03. The molecule has 0 saturated heterocycles. The van der Waals surface area contributed by atoms with Gasteiger partial charge < -0.3 is 4.74 Å². The van der Waals surface area contributed by atoms with Crippen LogP contribution in [0, 0.1) is 29.4 Å². The molecule has 0 unspecified atom stereocenters. The van der Waals surface area contributed by atoms with Crippen LogP contribution in [0.15, 0.2) is 24.3 Å². The van der Waals surface area contributed by atoms with Gasteiger partial charge in [0.15, 0.2) is 11.6 Å². The van der Waals surface area contributed by atoms with E-state index >= 15 is 0 Å². The quantitative estimate of drug-likeness (QED) is 0.196. The summed E-state index contributed by atoms with van der Waals surface area (Å²) in [6, 6.07) is 2.02. The number of halogens is 6. The number of unbranched alkanes of at least 4 members (excludes halogenated alkanes) is 1. The van der Waals surface area contributed by atoms with Crippen molar-refractivity contribution in [1.29, 1.82) is 0 Å². The van der Waals surface area contributed by atoms with E-state index in [9.17, 15) is 26.3 Å². The molecule has 0 aliphatic heterocycles. The van der Waals surface area contributed by atoms with E-state index in [0.717, 1.165) is 56.6 Å². The van der Waals surface area contributed by atoms with Gasteiger partial charge in [-0.2, -0.15) is 4.39 Å². The molecule has 1 nitrogen and oxygen atoms in total. The number of hydrogen-bond acceptors (Lipinski definition) is 1. The first-order valence-electron chi connectivity index (χ1n) is 12.2. The van der Waals surface area contributed by atoms with Crippen molar-refractivity contribution in [2.24, 2.45) is 17.8 Å². The van der Waals surface area contributed by atoms with E-state index in [1.807, 2.05) is 6.08 Å². The third-order valence-corrected chi connectivity index (χ3v) is 7.47. The Hall–Kier alpha value is -1.66. The fourth-order valence-electron chi connectivity index (χ4n) is 5.71. The van der Waals surface area contributed by atoms with Crippen LogP contribution in [-0.4, -0.2) is 13.0 Å². The molecular weight excluding hydrogens is 442 g/mol. The number of alkyl halides is 4. The fourth-order valence-corrected chi connectivity index (χ4v) is 5.71. The molecule has 3 rings (SSSR count). The molecule has 2 fully saturated rings. The first-order valence-corrected chi connectivity index (χ1v) is 12.2. The Morgan fingerprint density at radius 2 is 1.45 bits per heavy atom. The highest BCUT2D eigenvalue weighted by molar-refractivity contribution is 5.34. The van der Waals surface area contributed by atoms with Crippen molar-refractivity contribution in [3.05, 3.63) is 41.5 Å². The highest BCUT2D eigenvalue weighted by atomic mass is 19.4. The Labute approximate surface area is 192 Å². The Morgan fingerprint density at radius 1 is 0.848 bits per heavy atom. The largest absolute Gasteiger partial charge is 0.573 e. The monoisotopic (exact) mass is 476 g/mol.